The molecule has 6 nitrogen and oxygen atoms in total. The first-order valence-electron chi connectivity index (χ1n) is 16.0. The SMILES string of the molecule is C=C(C)c1cc(C(=O)N2Cc3ccc(CN4CCN(CC)CC4)cc3C2)c(OCc2ccccc2)cc1OCc1ccccc1. The van der Waals surface area contributed by atoms with Crippen LogP contribution in [-0.4, -0.2) is 53.3 Å². The fraction of sp³-hybridized carbons (Fsp3) is 0.308. The van der Waals surface area contributed by atoms with Gasteiger partial charge in [-0.3, -0.25) is 9.69 Å². The van der Waals surface area contributed by atoms with E-state index in [1.54, 1.807) is 0 Å². The van der Waals surface area contributed by atoms with Crippen LogP contribution in [-0.2, 0) is 32.8 Å². The molecule has 2 aliphatic heterocycles. The zero-order chi connectivity index (χ0) is 31.2. The van der Waals surface area contributed by atoms with Crippen LogP contribution in [0.1, 0.15) is 57.6 Å². The molecule has 2 heterocycles. The number of fused-ring (bicyclic) bond motifs is 1. The van der Waals surface area contributed by atoms with Gasteiger partial charge in [-0.1, -0.05) is 92.4 Å². The van der Waals surface area contributed by atoms with Crippen LogP contribution in [0.2, 0.25) is 0 Å². The standard InChI is InChI=1S/C39H43N3O3/c1-4-40-17-19-41(20-18-40)24-32-15-16-33-25-42(26-34(33)21-32)39(43)36-22-35(29(2)3)37(44-27-30-11-7-5-8-12-30)23-38(36)45-28-31-13-9-6-10-14-31/h5-16,21-23H,2,4,17-20,24-28H2,1,3H3. The van der Waals surface area contributed by atoms with Crippen LogP contribution in [0, 0.1) is 0 Å². The van der Waals surface area contributed by atoms with E-state index < -0.39 is 0 Å². The summed E-state index contributed by atoms with van der Waals surface area (Å²) in [5.74, 6) is 1.11. The number of carbonyl (C=O) groups is 1. The zero-order valence-electron chi connectivity index (χ0n) is 26.5. The number of nitrogens with zero attached hydrogens (tertiary/aromatic N) is 3. The minimum Gasteiger partial charge on any atom is -0.488 e. The van der Waals surface area contributed by atoms with Crippen LogP contribution in [0.25, 0.3) is 5.57 Å². The Morgan fingerprint density at radius 3 is 1.87 bits per heavy atom. The summed E-state index contributed by atoms with van der Waals surface area (Å²) in [5.41, 5.74) is 8.00. The monoisotopic (exact) mass is 601 g/mol. The number of carbonyl (C=O) groups excluding carboxylic acids is 1. The first-order chi connectivity index (χ1) is 22.0. The highest BCUT2D eigenvalue weighted by Crippen LogP contribution is 2.36. The average Bonchev–Trinajstić information content (AvgIpc) is 3.51. The highest BCUT2D eigenvalue weighted by molar-refractivity contribution is 5.98. The van der Waals surface area contributed by atoms with Crippen molar-refractivity contribution in [2.75, 3.05) is 32.7 Å². The summed E-state index contributed by atoms with van der Waals surface area (Å²) in [6.07, 6.45) is 0. The molecule has 0 aromatic heterocycles. The Labute approximate surface area is 267 Å². The maximum atomic E-state index is 14.2. The quantitative estimate of drug-likeness (QED) is 0.182. The molecule has 2 aliphatic rings. The van der Waals surface area contributed by atoms with Crippen molar-refractivity contribution in [3.8, 4) is 11.5 Å². The largest absolute Gasteiger partial charge is 0.488 e. The molecular formula is C39H43N3O3. The normalized spacial score (nSPS) is 15.1. The summed E-state index contributed by atoms with van der Waals surface area (Å²) in [4.78, 5) is 21.2. The highest BCUT2D eigenvalue weighted by Gasteiger charge is 2.28. The number of allylic oxidation sites excluding steroid dienone is 1. The second-order valence-electron chi connectivity index (χ2n) is 12.1. The molecule has 1 fully saturated rings. The van der Waals surface area contributed by atoms with Crippen LogP contribution >= 0.6 is 0 Å². The molecule has 0 radical (unpaired) electrons. The van der Waals surface area contributed by atoms with Crippen molar-refractivity contribution in [3.05, 3.63) is 137 Å². The van der Waals surface area contributed by atoms with Crippen LogP contribution < -0.4 is 9.47 Å². The van der Waals surface area contributed by atoms with Crippen LogP contribution in [0.3, 0.4) is 0 Å². The van der Waals surface area contributed by atoms with Gasteiger partial charge in [-0.25, -0.2) is 0 Å². The summed E-state index contributed by atoms with van der Waals surface area (Å²) in [7, 11) is 0. The molecule has 1 saturated heterocycles. The lowest BCUT2D eigenvalue weighted by Gasteiger charge is -2.34. The second-order valence-corrected chi connectivity index (χ2v) is 12.1. The van der Waals surface area contributed by atoms with Crippen molar-refractivity contribution in [3.63, 3.8) is 0 Å². The van der Waals surface area contributed by atoms with Gasteiger partial charge in [-0.2, -0.15) is 0 Å². The lowest BCUT2D eigenvalue weighted by molar-refractivity contribution is 0.0746. The van der Waals surface area contributed by atoms with Gasteiger partial charge in [0.25, 0.3) is 5.91 Å². The zero-order valence-corrected chi connectivity index (χ0v) is 26.5. The van der Waals surface area contributed by atoms with E-state index in [4.69, 9.17) is 9.47 Å². The van der Waals surface area contributed by atoms with Crippen molar-refractivity contribution in [1.29, 1.82) is 0 Å². The first-order valence-corrected chi connectivity index (χ1v) is 16.0. The minimum absolute atomic E-state index is 0.0522. The van der Waals surface area contributed by atoms with E-state index in [0.717, 1.165) is 61.5 Å². The third-order valence-corrected chi connectivity index (χ3v) is 8.84. The molecule has 6 heteroatoms. The van der Waals surface area contributed by atoms with Gasteiger partial charge in [-0.15, -0.1) is 0 Å². The van der Waals surface area contributed by atoms with Gasteiger partial charge in [0.1, 0.15) is 24.7 Å². The van der Waals surface area contributed by atoms with Crippen LogP contribution in [0.5, 0.6) is 11.5 Å². The second kappa shape index (κ2) is 14.1. The van der Waals surface area contributed by atoms with Crippen molar-refractivity contribution in [2.24, 2.45) is 0 Å². The van der Waals surface area contributed by atoms with E-state index in [-0.39, 0.29) is 5.91 Å². The Bertz CT molecular complexity index is 1630. The third kappa shape index (κ3) is 7.47. The lowest BCUT2D eigenvalue weighted by Crippen LogP contribution is -2.45. The van der Waals surface area contributed by atoms with Gasteiger partial charge in [-0.05, 0) is 52.9 Å². The Morgan fingerprint density at radius 2 is 1.27 bits per heavy atom. The van der Waals surface area contributed by atoms with Crippen molar-refractivity contribution >= 4 is 11.5 Å². The van der Waals surface area contributed by atoms with Gasteiger partial charge in [0.15, 0.2) is 0 Å². The van der Waals surface area contributed by atoms with Gasteiger partial charge < -0.3 is 19.3 Å². The number of piperazine rings is 1. The average molecular weight is 602 g/mol. The molecule has 6 rings (SSSR count). The first kappa shape index (κ1) is 30.6. The van der Waals surface area contributed by atoms with Gasteiger partial charge in [0.05, 0.1) is 5.56 Å². The van der Waals surface area contributed by atoms with E-state index in [2.05, 4.69) is 41.5 Å². The van der Waals surface area contributed by atoms with Crippen molar-refractivity contribution in [2.45, 2.75) is 46.7 Å². The lowest BCUT2D eigenvalue weighted by atomic mass is 10.0. The van der Waals surface area contributed by atoms with Crippen molar-refractivity contribution in [1.82, 2.24) is 14.7 Å². The highest BCUT2D eigenvalue weighted by atomic mass is 16.5. The number of hydrogen-bond acceptors (Lipinski definition) is 5. The van der Waals surface area contributed by atoms with E-state index in [1.165, 1.54) is 16.7 Å². The molecule has 4 aromatic carbocycles. The van der Waals surface area contributed by atoms with Crippen molar-refractivity contribution < 1.29 is 14.3 Å². The topological polar surface area (TPSA) is 45.3 Å². The summed E-state index contributed by atoms with van der Waals surface area (Å²) in [6, 6.07) is 30.6. The molecule has 0 aliphatic carbocycles. The molecule has 0 bridgehead atoms. The molecule has 1 amide bonds. The van der Waals surface area contributed by atoms with Crippen LogP contribution in [0.4, 0.5) is 0 Å². The fourth-order valence-corrected chi connectivity index (χ4v) is 6.15. The predicted octanol–water partition coefficient (Wildman–Crippen LogP) is 7.17. The summed E-state index contributed by atoms with van der Waals surface area (Å²) >= 11 is 0. The maximum Gasteiger partial charge on any atom is 0.258 e. The Kier molecular flexibility index (Phi) is 9.63. The fourth-order valence-electron chi connectivity index (χ4n) is 6.15. The predicted molar refractivity (Wildman–Crippen MR) is 180 cm³/mol. The number of rotatable bonds is 11. The molecule has 0 spiro atoms. The summed E-state index contributed by atoms with van der Waals surface area (Å²) in [5, 5.41) is 0. The van der Waals surface area contributed by atoms with E-state index in [0.29, 0.717) is 43.4 Å². The van der Waals surface area contributed by atoms with E-state index >= 15 is 0 Å². The molecule has 232 valence electrons. The number of amides is 1. The van der Waals surface area contributed by atoms with Gasteiger partial charge in [0, 0.05) is 57.4 Å². The molecule has 45 heavy (non-hydrogen) atoms. The summed E-state index contributed by atoms with van der Waals surface area (Å²) in [6.45, 7) is 16.8. The molecule has 0 saturated carbocycles. The molecule has 0 atom stereocenters. The number of hydrogen-bond donors (Lipinski definition) is 0. The maximum absolute atomic E-state index is 14.2. The molecule has 0 N–H and O–H groups in total. The number of likely N-dealkylation sites (N-methyl/N-ethyl adjacent to an activating group) is 1. The molecule has 4 aromatic rings. The number of ether oxygens (including phenoxy) is 2. The van der Waals surface area contributed by atoms with Crippen LogP contribution in [0.15, 0.2) is 97.6 Å². The van der Waals surface area contributed by atoms with E-state index in [1.807, 2.05) is 84.6 Å². The van der Waals surface area contributed by atoms with E-state index in [9.17, 15) is 4.79 Å². The van der Waals surface area contributed by atoms with Gasteiger partial charge >= 0.3 is 0 Å². The smallest absolute Gasteiger partial charge is 0.258 e. The summed E-state index contributed by atoms with van der Waals surface area (Å²) < 4.78 is 12.7. The Hall–Kier alpha value is -4.39. The molecule has 0 unspecified atom stereocenters. The Morgan fingerprint density at radius 1 is 0.689 bits per heavy atom. The minimum atomic E-state index is -0.0522. The van der Waals surface area contributed by atoms with Gasteiger partial charge in [0.2, 0.25) is 0 Å². The number of benzene rings is 4. The molecular weight excluding hydrogens is 558 g/mol. The third-order valence-electron chi connectivity index (χ3n) is 8.84. The Balaban J connectivity index is 1.23.